The third-order valence-corrected chi connectivity index (χ3v) is 3.74. The Kier molecular flexibility index (Phi) is 3.92. The van der Waals surface area contributed by atoms with Crippen molar-refractivity contribution in [2.75, 3.05) is 5.75 Å². The van der Waals surface area contributed by atoms with Crippen molar-refractivity contribution in [2.45, 2.75) is 37.9 Å². The molecule has 1 rings (SSSR count). The van der Waals surface area contributed by atoms with Crippen LogP contribution < -0.4 is 0 Å². The third-order valence-electron chi connectivity index (χ3n) is 2.31. The molecule has 0 aromatic heterocycles. The first-order valence-corrected chi connectivity index (χ1v) is 5.59. The summed E-state index contributed by atoms with van der Waals surface area (Å²) in [6.07, 6.45) is 4.65. The summed E-state index contributed by atoms with van der Waals surface area (Å²) in [7, 11) is 0. The molecule has 1 N–H and O–H groups in total. The van der Waals surface area contributed by atoms with Gasteiger partial charge in [0.1, 0.15) is 0 Å². The highest BCUT2D eigenvalue weighted by molar-refractivity contribution is 7.99. The number of hydrogen-bond acceptors (Lipinski definition) is 2. The van der Waals surface area contributed by atoms with Crippen molar-refractivity contribution in [2.24, 2.45) is 5.92 Å². The number of rotatable bonds is 3. The molecule has 12 heavy (non-hydrogen) atoms. The molecule has 2 atom stereocenters. The van der Waals surface area contributed by atoms with Gasteiger partial charge in [-0.15, -0.1) is 0 Å². The Labute approximate surface area is 77.7 Å². The number of carboxylic acids is 1. The van der Waals surface area contributed by atoms with Crippen LogP contribution in [0.15, 0.2) is 0 Å². The molecule has 1 aliphatic heterocycles. The predicted octanol–water partition coefficient (Wildman–Crippen LogP) is 2.38. The van der Waals surface area contributed by atoms with Gasteiger partial charge in [0.15, 0.2) is 0 Å². The van der Waals surface area contributed by atoms with E-state index in [9.17, 15) is 4.79 Å². The lowest BCUT2D eigenvalue weighted by atomic mass is 10.0. The van der Waals surface area contributed by atoms with Crippen LogP contribution >= 0.6 is 11.8 Å². The van der Waals surface area contributed by atoms with Crippen molar-refractivity contribution in [3.8, 4) is 0 Å². The molecule has 70 valence electrons. The Morgan fingerprint density at radius 2 is 2.42 bits per heavy atom. The Morgan fingerprint density at radius 3 is 2.92 bits per heavy atom. The smallest absolute Gasteiger partial charge is 0.306 e. The molecule has 3 heteroatoms. The van der Waals surface area contributed by atoms with Crippen LogP contribution in [0.2, 0.25) is 0 Å². The Morgan fingerprint density at radius 1 is 1.67 bits per heavy atom. The van der Waals surface area contributed by atoms with Crippen molar-refractivity contribution >= 4 is 17.7 Å². The number of thioether (sulfide) groups is 1. The SMILES string of the molecule is CC(CC1CCCCS1)C(=O)O. The maximum Gasteiger partial charge on any atom is 0.306 e. The van der Waals surface area contributed by atoms with E-state index in [0.29, 0.717) is 5.25 Å². The van der Waals surface area contributed by atoms with Gasteiger partial charge in [-0.05, 0) is 25.0 Å². The maximum atomic E-state index is 10.6. The van der Waals surface area contributed by atoms with E-state index in [4.69, 9.17) is 5.11 Å². The molecule has 1 aliphatic rings. The molecule has 1 fully saturated rings. The molecule has 0 radical (unpaired) electrons. The minimum Gasteiger partial charge on any atom is -0.481 e. The second-order valence-corrected chi connectivity index (χ2v) is 4.87. The topological polar surface area (TPSA) is 37.3 Å². The molecule has 0 bridgehead atoms. The third kappa shape index (κ3) is 3.05. The summed E-state index contributed by atoms with van der Waals surface area (Å²) < 4.78 is 0. The fourth-order valence-electron chi connectivity index (χ4n) is 1.49. The zero-order valence-electron chi connectivity index (χ0n) is 7.45. The molecule has 2 unspecified atom stereocenters. The van der Waals surface area contributed by atoms with Gasteiger partial charge in [0.25, 0.3) is 0 Å². The van der Waals surface area contributed by atoms with Gasteiger partial charge in [0.2, 0.25) is 0 Å². The molecule has 2 nitrogen and oxygen atoms in total. The van der Waals surface area contributed by atoms with Gasteiger partial charge in [-0.3, -0.25) is 4.79 Å². The van der Waals surface area contributed by atoms with Gasteiger partial charge >= 0.3 is 5.97 Å². The molecule has 0 amide bonds. The van der Waals surface area contributed by atoms with Crippen LogP contribution in [-0.2, 0) is 4.79 Å². The van der Waals surface area contributed by atoms with Crippen molar-refractivity contribution in [3.05, 3.63) is 0 Å². The number of carboxylic acid groups (broad SMARTS) is 1. The van der Waals surface area contributed by atoms with Gasteiger partial charge in [0, 0.05) is 5.25 Å². The highest BCUT2D eigenvalue weighted by Crippen LogP contribution is 2.29. The van der Waals surface area contributed by atoms with Crippen molar-refractivity contribution in [1.82, 2.24) is 0 Å². The Bertz CT molecular complexity index is 153. The number of carbonyl (C=O) groups is 1. The Hall–Kier alpha value is -0.180. The molecule has 0 saturated carbocycles. The molecule has 1 saturated heterocycles. The first-order chi connectivity index (χ1) is 5.70. The molecule has 0 aromatic carbocycles. The molecule has 0 aliphatic carbocycles. The quantitative estimate of drug-likeness (QED) is 0.739. The Balaban J connectivity index is 2.24. The molecule has 0 aromatic rings. The van der Waals surface area contributed by atoms with E-state index in [1.165, 1.54) is 25.0 Å². The number of aliphatic carboxylic acids is 1. The van der Waals surface area contributed by atoms with E-state index in [2.05, 4.69) is 0 Å². The first kappa shape index (κ1) is 9.90. The molecule has 1 heterocycles. The van der Waals surface area contributed by atoms with E-state index >= 15 is 0 Å². The van der Waals surface area contributed by atoms with Crippen LogP contribution in [0, 0.1) is 5.92 Å². The zero-order valence-corrected chi connectivity index (χ0v) is 8.27. The van der Waals surface area contributed by atoms with Gasteiger partial charge in [-0.2, -0.15) is 11.8 Å². The van der Waals surface area contributed by atoms with E-state index in [0.717, 1.165) is 6.42 Å². The first-order valence-electron chi connectivity index (χ1n) is 4.54. The van der Waals surface area contributed by atoms with E-state index < -0.39 is 5.97 Å². The lowest BCUT2D eigenvalue weighted by Crippen LogP contribution is -2.18. The minimum atomic E-state index is -0.652. The van der Waals surface area contributed by atoms with E-state index in [1.54, 1.807) is 6.92 Å². The van der Waals surface area contributed by atoms with Crippen LogP contribution in [0.5, 0.6) is 0 Å². The highest BCUT2D eigenvalue weighted by atomic mass is 32.2. The van der Waals surface area contributed by atoms with Crippen LogP contribution in [0.25, 0.3) is 0 Å². The summed E-state index contributed by atoms with van der Waals surface area (Å²) in [4.78, 5) is 10.6. The zero-order chi connectivity index (χ0) is 8.97. The molecule has 0 spiro atoms. The fraction of sp³-hybridized carbons (Fsp3) is 0.889. The van der Waals surface area contributed by atoms with Crippen molar-refractivity contribution < 1.29 is 9.90 Å². The second kappa shape index (κ2) is 4.75. The van der Waals surface area contributed by atoms with Gasteiger partial charge in [0.05, 0.1) is 5.92 Å². The van der Waals surface area contributed by atoms with Crippen molar-refractivity contribution in [1.29, 1.82) is 0 Å². The van der Waals surface area contributed by atoms with Crippen LogP contribution in [-0.4, -0.2) is 22.1 Å². The van der Waals surface area contributed by atoms with Gasteiger partial charge in [-0.25, -0.2) is 0 Å². The van der Waals surface area contributed by atoms with Gasteiger partial charge < -0.3 is 5.11 Å². The van der Waals surface area contributed by atoms with E-state index in [1.807, 2.05) is 11.8 Å². The summed E-state index contributed by atoms with van der Waals surface area (Å²) in [5.74, 6) is 0.401. The summed E-state index contributed by atoms with van der Waals surface area (Å²) in [6.45, 7) is 1.80. The summed E-state index contributed by atoms with van der Waals surface area (Å²) in [6, 6.07) is 0. The molecular formula is C9H16O2S. The predicted molar refractivity (Wildman–Crippen MR) is 51.5 cm³/mol. The average molecular weight is 188 g/mol. The van der Waals surface area contributed by atoms with Gasteiger partial charge in [-0.1, -0.05) is 13.3 Å². The van der Waals surface area contributed by atoms with E-state index in [-0.39, 0.29) is 5.92 Å². The molecular weight excluding hydrogens is 172 g/mol. The average Bonchev–Trinajstić information content (AvgIpc) is 2.06. The maximum absolute atomic E-state index is 10.6. The van der Waals surface area contributed by atoms with Crippen LogP contribution in [0.3, 0.4) is 0 Å². The summed E-state index contributed by atoms with van der Waals surface area (Å²) in [5.41, 5.74) is 0. The monoisotopic (exact) mass is 188 g/mol. The fourth-order valence-corrected chi connectivity index (χ4v) is 2.95. The van der Waals surface area contributed by atoms with Crippen LogP contribution in [0.1, 0.15) is 32.6 Å². The minimum absolute atomic E-state index is 0.166. The number of hydrogen-bond donors (Lipinski definition) is 1. The lowest BCUT2D eigenvalue weighted by Gasteiger charge is -2.22. The second-order valence-electron chi connectivity index (χ2n) is 3.46. The summed E-state index contributed by atoms with van der Waals surface area (Å²) in [5, 5.41) is 9.31. The lowest BCUT2D eigenvalue weighted by molar-refractivity contribution is -0.141. The van der Waals surface area contributed by atoms with Crippen molar-refractivity contribution in [3.63, 3.8) is 0 Å². The summed E-state index contributed by atoms with van der Waals surface area (Å²) >= 11 is 1.95. The largest absolute Gasteiger partial charge is 0.481 e. The standard InChI is InChI=1S/C9H16O2S/c1-7(9(10)11)6-8-4-2-3-5-12-8/h7-8H,2-6H2,1H3,(H,10,11). The van der Waals surface area contributed by atoms with Crippen LogP contribution in [0.4, 0.5) is 0 Å². The highest BCUT2D eigenvalue weighted by Gasteiger charge is 2.20. The normalized spacial score (nSPS) is 26.6.